The fourth-order valence-corrected chi connectivity index (χ4v) is 3.33. The van der Waals surface area contributed by atoms with Gasteiger partial charge in [0.1, 0.15) is 12.4 Å². The molecular formula is C22H19Br2NO. The maximum absolute atomic E-state index is 5.91. The van der Waals surface area contributed by atoms with E-state index < -0.39 is 0 Å². The number of ether oxygens (including phenoxy) is 1. The molecule has 0 aliphatic carbocycles. The summed E-state index contributed by atoms with van der Waals surface area (Å²) in [6.07, 6.45) is 1.88. The van der Waals surface area contributed by atoms with E-state index in [9.17, 15) is 0 Å². The Hall–Kier alpha value is -1.91. The van der Waals surface area contributed by atoms with Crippen LogP contribution in [0.15, 0.2) is 74.6 Å². The van der Waals surface area contributed by atoms with Crippen molar-refractivity contribution in [3.63, 3.8) is 0 Å². The number of halogens is 2. The molecule has 132 valence electrons. The minimum atomic E-state index is 0.530. The summed E-state index contributed by atoms with van der Waals surface area (Å²) in [4.78, 5) is 4.60. The summed E-state index contributed by atoms with van der Waals surface area (Å²) in [6.45, 7) is 4.70. The van der Waals surface area contributed by atoms with Crippen LogP contribution in [0.25, 0.3) is 0 Å². The van der Waals surface area contributed by atoms with Crippen LogP contribution >= 0.6 is 31.9 Å². The van der Waals surface area contributed by atoms with Crippen molar-refractivity contribution in [1.29, 1.82) is 0 Å². The van der Waals surface area contributed by atoms with Crippen LogP contribution in [0.3, 0.4) is 0 Å². The predicted octanol–water partition coefficient (Wildman–Crippen LogP) is 7.16. The average Bonchev–Trinajstić information content (AvgIpc) is 2.61. The van der Waals surface area contributed by atoms with Crippen LogP contribution in [0.4, 0.5) is 5.69 Å². The Bertz CT molecular complexity index is 933. The maximum atomic E-state index is 5.91. The highest BCUT2D eigenvalue weighted by molar-refractivity contribution is 9.10. The molecule has 0 spiro atoms. The molecule has 0 radical (unpaired) electrons. The van der Waals surface area contributed by atoms with Crippen molar-refractivity contribution in [1.82, 2.24) is 0 Å². The SMILES string of the molecule is Cc1ccc(N=Cc2ccc(OCc3ccc(Br)cc3)c(Br)c2)c(C)c1. The zero-order chi connectivity index (χ0) is 18.5. The molecule has 0 saturated carbocycles. The molecule has 3 rings (SSSR count). The molecular weight excluding hydrogens is 454 g/mol. The average molecular weight is 473 g/mol. The quantitative estimate of drug-likeness (QED) is 0.361. The molecule has 0 N–H and O–H groups in total. The third-order valence-corrected chi connectivity index (χ3v) is 5.12. The summed E-state index contributed by atoms with van der Waals surface area (Å²) in [5.74, 6) is 0.816. The molecule has 2 nitrogen and oxygen atoms in total. The van der Waals surface area contributed by atoms with Gasteiger partial charge in [0.05, 0.1) is 10.2 Å². The molecule has 0 aromatic heterocycles. The Morgan fingerprint density at radius 3 is 2.38 bits per heavy atom. The van der Waals surface area contributed by atoms with E-state index in [4.69, 9.17) is 4.74 Å². The monoisotopic (exact) mass is 471 g/mol. The lowest BCUT2D eigenvalue weighted by atomic mass is 10.1. The Morgan fingerprint density at radius 2 is 1.69 bits per heavy atom. The Morgan fingerprint density at radius 1 is 0.923 bits per heavy atom. The topological polar surface area (TPSA) is 21.6 Å². The highest BCUT2D eigenvalue weighted by Gasteiger charge is 2.03. The fourth-order valence-electron chi connectivity index (χ4n) is 2.55. The molecule has 3 aromatic carbocycles. The number of hydrogen-bond acceptors (Lipinski definition) is 2. The first kappa shape index (κ1) is 18.9. The molecule has 0 atom stereocenters. The van der Waals surface area contributed by atoms with Gasteiger partial charge in [-0.25, -0.2) is 0 Å². The zero-order valence-electron chi connectivity index (χ0n) is 14.7. The Kier molecular flexibility index (Phi) is 6.28. The van der Waals surface area contributed by atoms with E-state index in [1.54, 1.807) is 0 Å². The molecule has 0 amide bonds. The lowest BCUT2D eigenvalue weighted by molar-refractivity contribution is 0.304. The minimum Gasteiger partial charge on any atom is -0.488 e. The van der Waals surface area contributed by atoms with Gasteiger partial charge < -0.3 is 4.74 Å². The minimum absolute atomic E-state index is 0.530. The third kappa shape index (κ3) is 5.05. The summed E-state index contributed by atoms with van der Waals surface area (Å²) in [6, 6.07) is 20.4. The van der Waals surface area contributed by atoms with Crippen molar-refractivity contribution >= 4 is 43.8 Å². The van der Waals surface area contributed by atoms with Gasteiger partial charge in [-0.1, -0.05) is 45.8 Å². The number of benzene rings is 3. The maximum Gasteiger partial charge on any atom is 0.134 e. The van der Waals surface area contributed by atoms with Gasteiger partial charge in [-0.3, -0.25) is 4.99 Å². The molecule has 0 saturated heterocycles. The van der Waals surface area contributed by atoms with E-state index in [0.717, 1.165) is 31.5 Å². The molecule has 0 aliphatic rings. The van der Waals surface area contributed by atoms with Crippen molar-refractivity contribution in [3.05, 3.63) is 91.9 Å². The lowest BCUT2D eigenvalue weighted by Crippen LogP contribution is -1.96. The first-order chi connectivity index (χ1) is 12.5. The van der Waals surface area contributed by atoms with Crippen molar-refractivity contribution in [3.8, 4) is 5.75 Å². The summed E-state index contributed by atoms with van der Waals surface area (Å²) >= 11 is 7.03. The van der Waals surface area contributed by atoms with Crippen LogP contribution in [-0.4, -0.2) is 6.21 Å². The molecule has 0 heterocycles. The lowest BCUT2D eigenvalue weighted by Gasteiger charge is -2.09. The Balaban J connectivity index is 1.68. The van der Waals surface area contributed by atoms with E-state index in [0.29, 0.717) is 6.61 Å². The summed E-state index contributed by atoms with van der Waals surface area (Å²) < 4.78 is 7.89. The van der Waals surface area contributed by atoms with E-state index in [1.165, 1.54) is 11.1 Å². The Labute approximate surface area is 171 Å². The predicted molar refractivity (Wildman–Crippen MR) is 116 cm³/mol. The standard InChI is InChI=1S/C22H19Br2NO/c1-15-3-9-21(16(2)11-15)25-13-18-6-10-22(20(24)12-18)26-14-17-4-7-19(23)8-5-17/h3-13H,14H2,1-2H3. The van der Waals surface area contributed by atoms with Crippen LogP contribution in [0.1, 0.15) is 22.3 Å². The molecule has 26 heavy (non-hydrogen) atoms. The van der Waals surface area contributed by atoms with Crippen LogP contribution in [0, 0.1) is 13.8 Å². The highest BCUT2D eigenvalue weighted by Crippen LogP contribution is 2.27. The first-order valence-electron chi connectivity index (χ1n) is 8.29. The number of aliphatic imine (C=N–C) groups is 1. The summed E-state index contributed by atoms with van der Waals surface area (Å²) in [7, 11) is 0. The van der Waals surface area contributed by atoms with Crippen molar-refractivity contribution in [2.45, 2.75) is 20.5 Å². The second-order valence-corrected chi connectivity index (χ2v) is 7.92. The molecule has 0 unspecified atom stereocenters. The van der Waals surface area contributed by atoms with Gasteiger partial charge in [0.2, 0.25) is 0 Å². The first-order valence-corrected chi connectivity index (χ1v) is 9.88. The van der Waals surface area contributed by atoms with Crippen LogP contribution in [-0.2, 0) is 6.61 Å². The van der Waals surface area contributed by atoms with Crippen LogP contribution in [0.2, 0.25) is 0 Å². The van der Waals surface area contributed by atoms with Gasteiger partial charge in [-0.15, -0.1) is 0 Å². The summed E-state index contributed by atoms with van der Waals surface area (Å²) in [5, 5.41) is 0. The molecule has 0 bridgehead atoms. The second kappa shape index (κ2) is 8.65. The van der Waals surface area contributed by atoms with Gasteiger partial charge in [-0.2, -0.15) is 0 Å². The normalized spacial score (nSPS) is 11.1. The van der Waals surface area contributed by atoms with E-state index >= 15 is 0 Å². The van der Waals surface area contributed by atoms with Gasteiger partial charge in [0, 0.05) is 10.7 Å². The van der Waals surface area contributed by atoms with Gasteiger partial charge in [0.15, 0.2) is 0 Å². The molecule has 0 aliphatic heterocycles. The molecule has 4 heteroatoms. The van der Waals surface area contributed by atoms with Gasteiger partial charge >= 0.3 is 0 Å². The van der Waals surface area contributed by atoms with Gasteiger partial charge in [0.25, 0.3) is 0 Å². The van der Waals surface area contributed by atoms with Crippen molar-refractivity contribution < 1.29 is 4.74 Å². The number of nitrogens with zero attached hydrogens (tertiary/aromatic N) is 1. The van der Waals surface area contributed by atoms with Crippen LogP contribution in [0.5, 0.6) is 5.75 Å². The van der Waals surface area contributed by atoms with E-state index in [-0.39, 0.29) is 0 Å². The van der Waals surface area contributed by atoms with Crippen molar-refractivity contribution in [2.24, 2.45) is 4.99 Å². The summed E-state index contributed by atoms with van der Waals surface area (Å²) in [5.41, 5.74) is 5.56. The van der Waals surface area contributed by atoms with E-state index in [1.807, 2.05) is 54.7 Å². The highest BCUT2D eigenvalue weighted by atomic mass is 79.9. The zero-order valence-corrected chi connectivity index (χ0v) is 17.8. The second-order valence-electron chi connectivity index (χ2n) is 6.15. The number of hydrogen-bond donors (Lipinski definition) is 0. The van der Waals surface area contributed by atoms with Crippen molar-refractivity contribution in [2.75, 3.05) is 0 Å². The van der Waals surface area contributed by atoms with E-state index in [2.05, 4.69) is 62.8 Å². The number of rotatable bonds is 5. The molecule has 3 aromatic rings. The largest absolute Gasteiger partial charge is 0.488 e. The van der Waals surface area contributed by atoms with Crippen LogP contribution < -0.4 is 4.74 Å². The molecule has 0 fully saturated rings. The fraction of sp³-hybridized carbons (Fsp3) is 0.136. The van der Waals surface area contributed by atoms with Gasteiger partial charge in [-0.05, 0) is 82.9 Å². The third-order valence-electron chi connectivity index (χ3n) is 3.97. The smallest absolute Gasteiger partial charge is 0.134 e. The number of aryl methyl sites for hydroxylation is 2.